The number of benzene rings is 2. The summed E-state index contributed by atoms with van der Waals surface area (Å²) >= 11 is 0. The second-order valence-corrected chi connectivity index (χ2v) is 6.82. The van der Waals surface area contributed by atoms with Gasteiger partial charge < -0.3 is 15.0 Å². The summed E-state index contributed by atoms with van der Waals surface area (Å²) in [6.45, 7) is 2.69. The van der Waals surface area contributed by atoms with E-state index in [1.54, 1.807) is 12.1 Å². The molecule has 0 aliphatic carbocycles. The molecule has 0 saturated carbocycles. The smallest absolute Gasteiger partial charge is 0.193 e. The normalized spacial score (nSPS) is 15.6. The molecule has 5 heteroatoms. The van der Waals surface area contributed by atoms with Crippen LogP contribution in [0.4, 0.5) is 4.39 Å². The third kappa shape index (κ3) is 5.98. The van der Waals surface area contributed by atoms with Crippen LogP contribution in [0.3, 0.4) is 0 Å². The first kappa shape index (κ1) is 19.2. The van der Waals surface area contributed by atoms with Crippen molar-refractivity contribution >= 4 is 5.96 Å². The molecule has 0 unspecified atom stereocenters. The third-order valence-corrected chi connectivity index (χ3v) is 4.81. The molecule has 1 heterocycles. The van der Waals surface area contributed by atoms with Gasteiger partial charge in [-0.15, -0.1) is 0 Å². The number of likely N-dealkylation sites (tertiary alicyclic amines) is 1. The molecule has 3 rings (SSSR count). The average Bonchev–Trinajstić information content (AvgIpc) is 2.70. The summed E-state index contributed by atoms with van der Waals surface area (Å²) in [6, 6.07) is 16.8. The van der Waals surface area contributed by atoms with E-state index in [9.17, 15) is 4.39 Å². The highest BCUT2D eigenvalue weighted by molar-refractivity contribution is 5.79. The minimum atomic E-state index is -0.170. The fourth-order valence-electron chi connectivity index (χ4n) is 3.39. The molecule has 4 nitrogen and oxygen atoms in total. The van der Waals surface area contributed by atoms with E-state index in [-0.39, 0.29) is 11.9 Å². The molecule has 27 heavy (non-hydrogen) atoms. The summed E-state index contributed by atoms with van der Waals surface area (Å²) in [4.78, 5) is 6.69. The molecule has 0 atom stereocenters. The number of para-hydroxylation sites is 1. The maximum Gasteiger partial charge on any atom is 0.193 e. The van der Waals surface area contributed by atoms with Crippen LogP contribution < -0.4 is 10.1 Å². The average molecular weight is 369 g/mol. The summed E-state index contributed by atoms with van der Waals surface area (Å²) in [7, 11) is 1.82. The standard InChI is InChI=1S/C22H28FN3O/c1-24-22(25-14-6-8-18-7-5-9-19(23)17-18)26-15-12-21(13-16-26)27-20-10-3-2-4-11-20/h2-5,7,9-11,17,21H,6,8,12-16H2,1H3,(H,24,25). The molecule has 0 aromatic heterocycles. The summed E-state index contributed by atoms with van der Waals surface area (Å²) in [5.41, 5.74) is 1.03. The molecule has 2 aromatic carbocycles. The van der Waals surface area contributed by atoms with Crippen LogP contribution in [0.5, 0.6) is 5.75 Å². The quantitative estimate of drug-likeness (QED) is 0.477. The summed E-state index contributed by atoms with van der Waals surface area (Å²) in [6.07, 6.45) is 4.03. The Kier molecular flexibility index (Phi) is 7.08. The molecule has 1 fully saturated rings. The van der Waals surface area contributed by atoms with E-state index < -0.39 is 0 Å². The summed E-state index contributed by atoms with van der Waals surface area (Å²) in [5.74, 6) is 1.71. The van der Waals surface area contributed by atoms with E-state index >= 15 is 0 Å². The number of rotatable bonds is 6. The Hall–Kier alpha value is -2.56. The first-order chi connectivity index (χ1) is 13.2. The van der Waals surface area contributed by atoms with Crippen molar-refractivity contribution in [2.45, 2.75) is 31.8 Å². The number of aryl methyl sites for hydroxylation is 1. The molecule has 0 spiro atoms. The SMILES string of the molecule is CN=C(NCCCc1cccc(F)c1)N1CCC(Oc2ccccc2)CC1. The number of ether oxygens (including phenoxy) is 1. The van der Waals surface area contributed by atoms with Gasteiger partial charge in [-0.1, -0.05) is 30.3 Å². The van der Waals surface area contributed by atoms with Crippen LogP contribution in [0.25, 0.3) is 0 Å². The first-order valence-corrected chi connectivity index (χ1v) is 9.66. The van der Waals surface area contributed by atoms with Crippen LogP contribution in [-0.2, 0) is 6.42 Å². The number of nitrogens with zero attached hydrogens (tertiary/aromatic N) is 2. The van der Waals surface area contributed by atoms with Crippen molar-refractivity contribution in [1.82, 2.24) is 10.2 Å². The van der Waals surface area contributed by atoms with Crippen molar-refractivity contribution < 1.29 is 9.13 Å². The number of halogens is 1. The zero-order valence-corrected chi connectivity index (χ0v) is 15.9. The van der Waals surface area contributed by atoms with Crippen LogP contribution >= 0.6 is 0 Å². The lowest BCUT2D eigenvalue weighted by Crippen LogP contribution is -2.47. The summed E-state index contributed by atoms with van der Waals surface area (Å²) < 4.78 is 19.3. The Balaban J connectivity index is 1.38. The Bertz CT molecular complexity index is 727. The fourth-order valence-corrected chi connectivity index (χ4v) is 3.39. The highest BCUT2D eigenvalue weighted by Gasteiger charge is 2.22. The second-order valence-electron chi connectivity index (χ2n) is 6.82. The number of nitrogens with one attached hydrogen (secondary N) is 1. The van der Waals surface area contributed by atoms with E-state index in [4.69, 9.17) is 4.74 Å². The Morgan fingerprint density at radius 2 is 1.93 bits per heavy atom. The number of hydrogen-bond acceptors (Lipinski definition) is 2. The topological polar surface area (TPSA) is 36.9 Å². The zero-order chi connectivity index (χ0) is 18.9. The van der Waals surface area contributed by atoms with Crippen LogP contribution in [0, 0.1) is 5.82 Å². The van der Waals surface area contributed by atoms with E-state index in [1.165, 1.54) is 6.07 Å². The van der Waals surface area contributed by atoms with Gasteiger partial charge in [0, 0.05) is 39.5 Å². The number of guanidine groups is 1. The van der Waals surface area contributed by atoms with Crippen molar-refractivity contribution in [3.8, 4) is 5.75 Å². The van der Waals surface area contributed by atoms with E-state index in [0.29, 0.717) is 0 Å². The minimum absolute atomic E-state index is 0.170. The molecule has 0 radical (unpaired) electrons. The number of piperidine rings is 1. The minimum Gasteiger partial charge on any atom is -0.490 e. The van der Waals surface area contributed by atoms with Crippen LogP contribution in [0.2, 0.25) is 0 Å². The number of aliphatic imine (C=N–C) groups is 1. The molecule has 2 aromatic rings. The Morgan fingerprint density at radius 3 is 2.63 bits per heavy atom. The summed E-state index contributed by atoms with van der Waals surface area (Å²) in [5, 5.41) is 3.43. The molecule has 1 aliphatic rings. The molecule has 1 N–H and O–H groups in total. The molecule has 1 saturated heterocycles. The maximum atomic E-state index is 13.2. The van der Waals surface area contributed by atoms with E-state index in [1.807, 2.05) is 43.4 Å². The lowest BCUT2D eigenvalue weighted by molar-refractivity contribution is 0.129. The van der Waals surface area contributed by atoms with Gasteiger partial charge in [0.25, 0.3) is 0 Å². The van der Waals surface area contributed by atoms with Crippen LogP contribution in [0.15, 0.2) is 59.6 Å². The molecular weight excluding hydrogens is 341 g/mol. The molecule has 1 aliphatic heterocycles. The number of hydrogen-bond donors (Lipinski definition) is 1. The van der Waals surface area contributed by atoms with Gasteiger partial charge in [-0.2, -0.15) is 0 Å². The van der Waals surface area contributed by atoms with Gasteiger partial charge in [-0.05, 0) is 42.7 Å². The predicted molar refractivity (Wildman–Crippen MR) is 108 cm³/mol. The highest BCUT2D eigenvalue weighted by atomic mass is 19.1. The van der Waals surface area contributed by atoms with E-state index in [0.717, 1.165) is 62.6 Å². The first-order valence-electron chi connectivity index (χ1n) is 9.66. The van der Waals surface area contributed by atoms with Gasteiger partial charge >= 0.3 is 0 Å². The Morgan fingerprint density at radius 1 is 1.15 bits per heavy atom. The maximum absolute atomic E-state index is 13.2. The van der Waals surface area contributed by atoms with Crippen molar-refractivity contribution in [3.05, 3.63) is 66.0 Å². The lowest BCUT2D eigenvalue weighted by atomic mass is 10.1. The van der Waals surface area contributed by atoms with E-state index in [2.05, 4.69) is 15.2 Å². The zero-order valence-electron chi connectivity index (χ0n) is 15.9. The van der Waals surface area contributed by atoms with Gasteiger partial charge in [0.1, 0.15) is 17.7 Å². The van der Waals surface area contributed by atoms with Crippen molar-refractivity contribution in [1.29, 1.82) is 0 Å². The van der Waals surface area contributed by atoms with Gasteiger partial charge in [0.05, 0.1) is 0 Å². The van der Waals surface area contributed by atoms with Crippen LogP contribution in [-0.4, -0.2) is 43.6 Å². The largest absolute Gasteiger partial charge is 0.490 e. The lowest BCUT2D eigenvalue weighted by Gasteiger charge is -2.34. The Labute approximate surface area is 161 Å². The fraction of sp³-hybridized carbons (Fsp3) is 0.409. The van der Waals surface area contributed by atoms with Crippen molar-refractivity contribution in [2.75, 3.05) is 26.7 Å². The van der Waals surface area contributed by atoms with Gasteiger partial charge in [-0.25, -0.2) is 4.39 Å². The molecular formula is C22H28FN3O. The molecule has 0 bridgehead atoms. The van der Waals surface area contributed by atoms with Crippen molar-refractivity contribution in [2.24, 2.45) is 4.99 Å². The van der Waals surface area contributed by atoms with Gasteiger partial charge in [0.2, 0.25) is 0 Å². The highest BCUT2D eigenvalue weighted by Crippen LogP contribution is 2.18. The second kappa shape index (κ2) is 9.95. The third-order valence-electron chi connectivity index (χ3n) is 4.81. The van der Waals surface area contributed by atoms with Gasteiger partial charge in [-0.3, -0.25) is 4.99 Å². The van der Waals surface area contributed by atoms with Crippen LogP contribution in [0.1, 0.15) is 24.8 Å². The molecule has 144 valence electrons. The predicted octanol–water partition coefficient (Wildman–Crippen LogP) is 3.88. The monoisotopic (exact) mass is 369 g/mol. The van der Waals surface area contributed by atoms with Gasteiger partial charge in [0.15, 0.2) is 5.96 Å². The van der Waals surface area contributed by atoms with Crippen molar-refractivity contribution in [3.63, 3.8) is 0 Å². The molecule has 0 amide bonds.